The van der Waals surface area contributed by atoms with Gasteiger partial charge in [0.05, 0.1) is 12.0 Å². The van der Waals surface area contributed by atoms with Gasteiger partial charge >= 0.3 is 0 Å². The van der Waals surface area contributed by atoms with Gasteiger partial charge in [-0.3, -0.25) is 0 Å². The van der Waals surface area contributed by atoms with Gasteiger partial charge in [0.1, 0.15) is 5.82 Å². The third-order valence-corrected chi connectivity index (χ3v) is 2.47. The predicted octanol–water partition coefficient (Wildman–Crippen LogP) is 1.96. The van der Waals surface area contributed by atoms with Crippen molar-refractivity contribution in [1.82, 2.24) is 9.55 Å². The number of nitrogens with zero attached hydrogens (tertiary/aromatic N) is 2. The van der Waals surface area contributed by atoms with E-state index in [0.717, 1.165) is 17.8 Å². The largest absolute Gasteiger partial charge is 0.336 e. The normalized spacial score (nSPS) is 10.7. The zero-order valence-corrected chi connectivity index (χ0v) is 9.15. The average Bonchev–Trinajstić information content (AvgIpc) is 2.71. The highest BCUT2D eigenvalue weighted by molar-refractivity contribution is 5.59. The molecule has 84 valence electrons. The minimum atomic E-state index is -0.190. The SMILES string of the molecule is Cc1cc(-c2cn(CCN)cn2)ccc1F. The van der Waals surface area contributed by atoms with E-state index >= 15 is 0 Å². The fourth-order valence-corrected chi connectivity index (χ4v) is 1.58. The summed E-state index contributed by atoms with van der Waals surface area (Å²) in [4.78, 5) is 4.26. The van der Waals surface area contributed by atoms with Crippen LogP contribution >= 0.6 is 0 Å². The molecule has 0 aliphatic rings. The van der Waals surface area contributed by atoms with E-state index in [4.69, 9.17) is 5.73 Å². The molecule has 0 saturated heterocycles. The fourth-order valence-electron chi connectivity index (χ4n) is 1.58. The monoisotopic (exact) mass is 219 g/mol. The lowest BCUT2D eigenvalue weighted by molar-refractivity contribution is 0.619. The van der Waals surface area contributed by atoms with Crippen molar-refractivity contribution in [2.75, 3.05) is 6.54 Å². The van der Waals surface area contributed by atoms with Gasteiger partial charge in [-0.05, 0) is 30.7 Å². The molecule has 0 amide bonds. The predicted molar refractivity (Wildman–Crippen MR) is 61.4 cm³/mol. The molecule has 0 radical (unpaired) electrons. The van der Waals surface area contributed by atoms with Crippen LogP contribution in [-0.2, 0) is 6.54 Å². The van der Waals surface area contributed by atoms with Crippen LogP contribution in [-0.4, -0.2) is 16.1 Å². The van der Waals surface area contributed by atoms with E-state index < -0.39 is 0 Å². The van der Waals surface area contributed by atoms with Gasteiger partial charge in [-0.2, -0.15) is 0 Å². The van der Waals surface area contributed by atoms with Crippen LogP contribution in [0.15, 0.2) is 30.7 Å². The van der Waals surface area contributed by atoms with Gasteiger partial charge < -0.3 is 10.3 Å². The summed E-state index contributed by atoms with van der Waals surface area (Å²) in [6.45, 7) is 3.07. The van der Waals surface area contributed by atoms with E-state index in [1.54, 1.807) is 25.4 Å². The van der Waals surface area contributed by atoms with Crippen LogP contribution in [0, 0.1) is 12.7 Å². The molecule has 0 fully saturated rings. The Balaban J connectivity index is 2.31. The topological polar surface area (TPSA) is 43.8 Å². The van der Waals surface area contributed by atoms with Crippen molar-refractivity contribution >= 4 is 0 Å². The number of imidazole rings is 1. The number of halogens is 1. The van der Waals surface area contributed by atoms with Gasteiger partial charge in [0, 0.05) is 24.8 Å². The number of benzene rings is 1. The molecule has 0 aliphatic heterocycles. The standard InChI is InChI=1S/C12H14FN3/c1-9-6-10(2-3-11(9)13)12-7-16(5-4-14)8-15-12/h2-3,6-8H,4-5,14H2,1H3. The molecule has 1 aromatic carbocycles. The van der Waals surface area contributed by atoms with Gasteiger partial charge in [0.2, 0.25) is 0 Å². The zero-order valence-electron chi connectivity index (χ0n) is 9.15. The second-order valence-electron chi connectivity index (χ2n) is 3.75. The molecule has 0 saturated carbocycles. The Kier molecular flexibility index (Phi) is 3.01. The minimum Gasteiger partial charge on any atom is -0.336 e. The lowest BCUT2D eigenvalue weighted by Crippen LogP contribution is -2.07. The van der Waals surface area contributed by atoms with Crippen LogP contribution in [0.1, 0.15) is 5.56 Å². The minimum absolute atomic E-state index is 0.190. The molecule has 3 nitrogen and oxygen atoms in total. The van der Waals surface area contributed by atoms with Gasteiger partial charge in [0.15, 0.2) is 0 Å². The molecule has 0 aliphatic carbocycles. The maximum atomic E-state index is 13.1. The summed E-state index contributed by atoms with van der Waals surface area (Å²) < 4.78 is 15.0. The van der Waals surface area contributed by atoms with Crippen molar-refractivity contribution in [3.63, 3.8) is 0 Å². The van der Waals surface area contributed by atoms with Crippen molar-refractivity contribution < 1.29 is 4.39 Å². The highest BCUT2D eigenvalue weighted by atomic mass is 19.1. The van der Waals surface area contributed by atoms with E-state index in [1.165, 1.54) is 6.07 Å². The molecule has 0 atom stereocenters. The lowest BCUT2D eigenvalue weighted by atomic mass is 10.1. The number of rotatable bonds is 3. The summed E-state index contributed by atoms with van der Waals surface area (Å²) in [5, 5.41) is 0. The van der Waals surface area contributed by atoms with Crippen LogP contribution in [0.25, 0.3) is 11.3 Å². The van der Waals surface area contributed by atoms with Gasteiger partial charge in [0.25, 0.3) is 0 Å². The molecule has 2 N–H and O–H groups in total. The van der Waals surface area contributed by atoms with Crippen molar-refractivity contribution in [2.24, 2.45) is 5.73 Å². The summed E-state index contributed by atoms with van der Waals surface area (Å²) in [5.74, 6) is -0.190. The number of hydrogen-bond donors (Lipinski definition) is 1. The van der Waals surface area contributed by atoms with Gasteiger partial charge in [-0.25, -0.2) is 9.37 Å². The molecule has 0 spiro atoms. The molecule has 2 rings (SSSR count). The summed E-state index contributed by atoms with van der Waals surface area (Å²) in [5.41, 5.74) is 7.85. The van der Waals surface area contributed by atoms with Crippen molar-refractivity contribution in [3.05, 3.63) is 42.1 Å². The number of aromatic nitrogens is 2. The van der Waals surface area contributed by atoms with Crippen LogP contribution < -0.4 is 5.73 Å². The Morgan fingerprint density at radius 2 is 2.25 bits per heavy atom. The molecule has 2 aromatic rings. The Bertz CT molecular complexity index is 491. The van der Waals surface area contributed by atoms with Crippen LogP contribution in [0.4, 0.5) is 4.39 Å². The lowest BCUT2D eigenvalue weighted by Gasteiger charge is -2.00. The number of hydrogen-bond acceptors (Lipinski definition) is 2. The van der Waals surface area contributed by atoms with E-state index in [0.29, 0.717) is 12.1 Å². The van der Waals surface area contributed by atoms with Crippen LogP contribution in [0.3, 0.4) is 0 Å². The first-order chi connectivity index (χ1) is 7.70. The number of nitrogens with two attached hydrogens (primary N) is 1. The average molecular weight is 219 g/mol. The first kappa shape index (κ1) is 10.8. The maximum absolute atomic E-state index is 13.1. The van der Waals surface area contributed by atoms with Crippen molar-refractivity contribution in [3.8, 4) is 11.3 Å². The first-order valence-electron chi connectivity index (χ1n) is 5.19. The molecule has 0 unspecified atom stereocenters. The zero-order chi connectivity index (χ0) is 11.5. The molecular formula is C12H14FN3. The highest BCUT2D eigenvalue weighted by Gasteiger charge is 2.04. The highest BCUT2D eigenvalue weighted by Crippen LogP contribution is 2.19. The smallest absolute Gasteiger partial charge is 0.126 e. The second-order valence-corrected chi connectivity index (χ2v) is 3.75. The fraction of sp³-hybridized carbons (Fsp3) is 0.250. The second kappa shape index (κ2) is 4.45. The van der Waals surface area contributed by atoms with Gasteiger partial charge in [-0.1, -0.05) is 0 Å². The summed E-state index contributed by atoms with van der Waals surface area (Å²) >= 11 is 0. The summed E-state index contributed by atoms with van der Waals surface area (Å²) in [7, 11) is 0. The van der Waals surface area contributed by atoms with Crippen molar-refractivity contribution in [2.45, 2.75) is 13.5 Å². The Labute approximate surface area is 93.7 Å². The third kappa shape index (κ3) is 2.12. The molecule has 16 heavy (non-hydrogen) atoms. The maximum Gasteiger partial charge on any atom is 0.126 e. The Morgan fingerprint density at radius 1 is 1.44 bits per heavy atom. The summed E-state index contributed by atoms with van der Waals surface area (Å²) in [6, 6.07) is 4.99. The van der Waals surface area contributed by atoms with E-state index in [2.05, 4.69) is 4.98 Å². The quantitative estimate of drug-likeness (QED) is 0.857. The molecule has 1 aromatic heterocycles. The van der Waals surface area contributed by atoms with E-state index in [9.17, 15) is 4.39 Å². The Hall–Kier alpha value is -1.68. The number of aryl methyl sites for hydroxylation is 1. The van der Waals surface area contributed by atoms with Gasteiger partial charge in [-0.15, -0.1) is 0 Å². The molecule has 4 heteroatoms. The van der Waals surface area contributed by atoms with E-state index in [-0.39, 0.29) is 5.82 Å². The molecule has 0 bridgehead atoms. The van der Waals surface area contributed by atoms with Crippen LogP contribution in [0.2, 0.25) is 0 Å². The van der Waals surface area contributed by atoms with E-state index in [1.807, 2.05) is 10.8 Å². The Morgan fingerprint density at radius 3 is 2.94 bits per heavy atom. The molecular weight excluding hydrogens is 205 g/mol. The van der Waals surface area contributed by atoms with Crippen molar-refractivity contribution in [1.29, 1.82) is 0 Å². The molecule has 1 heterocycles. The first-order valence-corrected chi connectivity index (χ1v) is 5.19. The van der Waals surface area contributed by atoms with Crippen LogP contribution in [0.5, 0.6) is 0 Å². The summed E-state index contributed by atoms with van der Waals surface area (Å²) in [6.07, 6.45) is 3.65. The third-order valence-electron chi connectivity index (χ3n) is 2.47.